The highest BCUT2D eigenvalue weighted by Crippen LogP contribution is 2.23. The summed E-state index contributed by atoms with van der Waals surface area (Å²) in [4.78, 5) is 12.8. The number of halogens is 1. The third kappa shape index (κ3) is 4.12. The van der Waals surface area contributed by atoms with Gasteiger partial charge in [-0.05, 0) is 76.2 Å². The number of aromatic nitrogens is 2. The molecule has 0 unspecified atom stereocenters. The fourth-order valence-corrected chi connectivity index (χ4v) is 4.22. The van der Waals surface area contributed by atoms with Gasteiger partial charge in [0.15, 0.2) is 0 Å². The second-order valence-corrected chi connectivity index (χ2v) is 8.22. The number of rotatable bonds is 5. The van der Waals surface area contributed by atoms with E-state index in [4.69, 9.17) is 11.6 Å². The first-order chi connectivity index (χ1) is 15.4. The van der Waals surface area contributed by atoms with Crippen LogP contribution in [0, 0.1) is 27.7 Å². The number of carbonyl (C=O) groups excluding carboxylic acids is 1. The van der Waals surface area contributed by atoms with E-state index in [0.29, 0.717) is 10.6 Å². The summed E-state index contributed by atoms with van der Waals surface area (Å²) in [7, 11) is 0. The van der Waals surface area contributed by atoms with Crippen LogP contribution in [0.25, 0.3) is 11.4 Å². The molecule has 0 saturated heterocycles. The molecule has 0 saturated carbocycles. The summed E-state index contributed by atoms with van der Waals surface area (Å²) in [6.45, 7) is 8.13. The van der Waals surface area contributed by atoms with Crippen molar-refractivity contribution in [2.24, 2.45) is 5.10 Å². The molecule has 0 atom stereocenters. The Morgan fingerprint density at radius 3 is 2.22 bits per heavy atom. The monoisotopic (exact) mass is 444 g/mol. The largest absolute Gasteiger partial charge is 0.318 e. The van der Waals surface area contributed by atoms with E-state index in [1.807, 2.05) is 70.2 Å². The van der Waals surface area contributed by atoms with Crippen LogP contribution in [-0.4, -0.2) is 21.3 Å². The number of para-hydroxylation sites is 1. The Kier molecular flexibility index (Phi) is 6.01. The number of hydrazone groups is 1. The van der Waals surface area contributed by atoms with Gasteiger partial charge in [0.25, 0.3) is 5.91 Å². The molecule has 1 amide bonds. The summed E-state index contributed by atoms with van der Waals surface area (Å²) >= 11 is 6.32. The van der Waals surface area contributed by atoms with Gasteiger partial charge >= 0.3 is 0 Å². The summed E-state index contributed by atoms with van der Waals surface area (Å²) < 4.78 is 4.24. The molecule has 1 N–H and O–H groups in total. The van der Waals surface area contributed by atoms with Crippen molar-refractivity contribution in [3.05, 3.63) is 106 Å². The molecule has 2 aromatic carbocycles. The zero-order valence-electron chi connectivity index (χ0n) is 18.6. The minimum atomic E-state index is -0.354. The smallest absolute Gasteiger partial charge is 0.272 e. The molecule has 0 aliphatic carbocycles. The zero-order valence-corrected chi connectivity index (χ0v) is 19.3. The van der Waals surface area contributed by atoms with Gasteiger partial charge in [-0.1, -0.05) is 29.8 Å². The highest BCUT2D eigenvalue weighted by molar-refractivity contribution is 6.33. The Morgan fingerprint density at radius 1 is 0.844 bits per heavy atom. The lowest BCUT2D eigenvalue weighted by atomic mass is 10.2. The zero-order chi connectivity index (χ0) is 22.8. The standard InChI is InChI=1S/C26H25ClN4O/c1-17-10-11-18(2)30(17)23-12-13-25(27)24(15-23)26(32)29-28-16-21-14-19(3)31(20(21)4)22-8-6-5-7-9-22/h5-16H,1-4H3,(H,29,32). The molecule has 4 aromatic rings. The van der Waals surface area contributed by atoms with E-state index in [9.17, 15) is 4.79 Å². The van der Waals surface area contributed by atoms with Crippen molar-refractivity contribution in [1.29, 1.82) is 0 Å². The van der Waals surface area contributed by atoms with Crippen molar-refractivity contribution in [2.45, 2.75) is 27.7 Å². The number of carbonyl (C=O) groups is 1. The second kappa shape index (κ2) is 8.89. The van der Waals surface area contributed by atoms with Crippen molar-refractivity contribution >= 4 is 23.7 Å². The molecule has 2 heterocycles. The molecule has 0 fully saturated rings. The molecule has 32 heavy (non-hydrogen) atoms. The van der Waals surface area contributed by atoms with Crippen molar-refractivity contribution in [3.63, 3.8) is 0 Å². The number of hydrogen-bond acceptors (Lipinski definition) is 2. The van der Waals surface area contributed by atoms with E-state index in [2.05, 4.69) is 31.8 Å². The molecule has 0 aliphatic heterocycles. The van der Waals surface area contributed by atoms with Gasteiger partial charge in [-0.15, -0.1) is 0 Å². The van der Waals surface area contributed by atoms with Gasteiger partial charge in [0.05, 0.1) is 16.8 Å². The van der Waals surface area contributed by atoms with Gasteiger partial charge < -0.3 is 9.13 Å². The molecule has 5 nitrogen and oxygen atoms in total. The minimum Gasteiger partial charge on any atom is -0.318 e. The van der Waals surface area contributed by atoms with Crippen LogP contribution < -0.4 is 5.43 Å². The van der Waals surface area contributed by atoms with Crippen molar-refractivity contribution in [3.8, 4) is 11.4 Å². The number of nitrogens with one attached hydrogen (secondary N) is 1. The summed E-state index contributed by atoms with van der Waals surface area (Å²) in [6.07, 6.45) is 1.66. The summed E-state index contributed by atoms with van der Waals surface area (Å²) in [5, 5.41) is 4.57. The molecule has 6 heteroatoms. The maximum Gasteiger partial charge on any atom is 0.272 e. The Labute approximate surface area is 193 Å². The lowest BCUT2D eigenvalue weighted by Crippen LogP contribution is -2.18. The van der Waals surface area contributed by atoms with Crippen molar-refractivity contribution in [1.82, 2.24) is 14.6 Å². The fourth-order valence-electron chi connectivity index (χ4n) is 4.02. The Morgan fingerprint density at radius 2 is 1.53 bits per heavy atom. The summed E-state index contributed by atoms with van der Waals surface area (Å²) in [5.41, 5.74) is 10.2. The topological polar surface area (TPSA) is 51.3 Å². The maximum atomic E-state index is 12.8. The summed E-state index contributed by atoms with van der Waals surface area (Å²) in [5.74, 6) is -0.354. The van der Waals surface area contributed by atoms with E-state index in [-0.39, 0.29) is 5.91 Å². The molecular formula is C26H25ClN4O. The first kappa shape index (κ1) is 21.7. The normalized spacial score (nSPS) is 11.3. The number of aryl methyl sites for hydroxylation is 3. The third-order valence-corrected chi connectivity index (χ3v) is 5.91. The van der Waals surface area contributed by atoms with Crippen LogP contribution in [0.2, 0.25) is 5.02 Å². The van der Waals surface area contributed by atoms with Crippen LogP contribution in [-0.2, 0) is 0 Å². The highest BCUT2D eigenvalue weighted by Gasteiger charge is 2.14. The predicted octanol–water partition coefficient (Wildman–Crippen LogP) is 5.92. The predicted molar refractivity (Wildman–Crippen MR) is 131 cm³/mol. The van der Waals surface area contributed by atoms with Crippen LogP contribution in [0.4, 0.5) is 0 Å². The first-order valence-corrected chi connectivity index (χ1v) is 10.8. The third-order valence-electron chi connectivity index (χ3n) is 5.58. The fraction of sp³-hybridized carbons (Fsp3) is 0.154. The lowest BCUT2D eigenvalue weighted by Gasteiger charge is -2.12. The van der Waals surface area contributed by atoms with Crippen LogP contribution in [0.1, 0.15) is 38.7 Å². The van der Waals surface area contributed by atoms with E-state index >= 15 is 0 Å². The average molecular weight is 445 g/mol. The Hall–Kier alpha value is -3.57. The van der Waals surface area contributed by atoms with Gasteiger partial charge in [0.2, 0.25) is 0 Å². The van der Waals surface area contributed by atoms with E-state index in [1.165, 1.54) is 0 Å². The summed E-state index contributed by atoms with van der Waals surface area (Å²) in [6, 6.07) is 21.7. The van der Waals surface area contributed by atoms with Gasteiger partial charge in [-0.25, -0.2) is 5.43 Å². The van der Waals surface area contributed by atoms with Gasteiger partial charge in [-0.2, -0.15) is 5.10 Å². The van der Waals surface area contributed by atoms with Gasteiger partial charge in [0, 0.05) is 39.7 Å². The van der Waals surface area contributed by atoms with Crippen LogP contribution in [0.3, 0.4) is 0 Å². The van der Waals surface area contributed by atoms with Crippen LogP contribution in [0.15, 0.2) is 71.8 Å². The number of hydrogen-bond donors (Lipinski definition) is 1. The number of nitrogens with zero attached hydrogens (tertiary/aromatic N) is 3. The number of amides is 1. The highest BCUT2D eigenvalue weighted by atomic mass is 35.5. The SMILES string of the molecule is Cc1ccc(C)n1-c1ccc(Cl)c(C(=O)NN=Cc2cc(C)n(-c3ccccc3)c2C)c1. The van der Waals surface area contributed by atoms with E-state index in [0.717, 1.165) is 39.7 Å². The minimum absolute atomic E-state index is 0.354. The molecule has 162 valence electrons. The molecule has 0 radical (unpaired) electrons. The van der Waals surface area contributed by atoms with E-state index in [1.54, 1.807) is 18.3 Å². The van der Waals surface area contributed by atoms with Crippen LogP contribution >= 0.6 is 11.6 Å². The van der Waals surface area contributed by atoms with Crippen molar-refractivity contribution in [2.75, 3.05) is 0 Å². The average Bonchev–Trinajstić information content (AvgIpc) is 3.26. The van der Waals surface area contributed by atoms with Gasteiger partial charge in [0.1, 0.15) is 0 Å². The quantitative estimate of drug-likeness (QED) is 0.301. The molecule has 0 bridgehead atoms. The van der Waals surface area contributed by atoms with E-state index < -0.39 is 0 Å². The maximum absolute atomic E-state index is 12.8. The molecule has 2 aromatic heterocycles. The molecular weight excluding hydrogens is 420 g/mol. The molecule has 0 aliphatic rings. The lowest BCUT2D eigenvalue weighted by molar-refractivity contribution is 0.0955. The van der Waals surface area contributed by atoms with Crippen molar-refractivity contribution < 1.29 is 4.79 Å². The Balaban J connectivity index is 1.56. The van der Waals surface area contributed by atoms with Gasteiger partial charge in [-0.3, -0.25) is 4.79 Å². The number of benzene rings is 2. The Bertz CT molecular complexity index is 1300. The van der Waals surface area contributed by atoms with Crippen LogP contribution in [0.5, 0.6) is 0 Å². The second-order valence-electron chi connectivity index (χ2n) is 7.81. The molecule has 4 rings (SSSR count). The first-order valence-electron chi connectivity index (χ1n) is 10.4. The molecule has 0 spiro atoms.